The molecule has 3 heterocycles. The number of oxazole rings is 1. The van der Waals surface area contributed by atoms with Crippen molar-refractivity contribution in [2.24, 2.45) is 0 Å². The van der Waals surface area contributed by atoms with Crippen molar-refractivity contribution >= 4 is 17.9 Å². The largest absolute Gasteiger partial charge is 0.468 e. The fourth-order valence-electron chi connectivity index (χ4n) is 2.15. The lowest BCUT2D eigenvalue weighted by atomic mass is 10.2. The SMILES string of the molecule is Cc1cc(C(=O)NCc2ccc(OCC(F)(F)F)nc2)nc(Nc2ncco2)n1. The molecule has 0 radical (unpaired) electrons. The van der Waals surface area contributed by atoms with Crippen molar-refractivity contribution in [1.82, 2.24) is 25.3 Å². The van der Waals surface area contributed by atoms with Gasteiger partial charge in [-0.3, -0.25) is 10.1 Å². The topological polar surface area (TPSA) is 115 Å². The van der Waals surface area contributed by atoms with Gasteiger partial charge in [-0.1, -0.05) is 6.07 Å². The van der Waals surface area contributed by atoms with Crippen LogP contribution in [0.5, 0.6) is 5.88 Å². The Morgan fingerprint density at radius 3 is 2.72 bits per heavy atom. The predicted molar refractivity (Wildman–Crippen MR) is 93.5 cm³/mol. The van der Waals surface area contributed by atoms with Crippen LogP contribution in [-0.4, -0.2) is 38.6 Å². The molecule has 3 aromatic rings. The van der Waals surface area contributed by atoms with Crippen LogP contribution < -0.4 is 15.4 Å². The van der Waals surface area contributed by atoms with Gasteiger partial charge in [0.1, 0.15) is 12.0 Å². The van der Waals surface area contributed by atoms with Gasteiger partial charge < -0.3 is 14.5 Å². The summed E-state index contributed by atoms with van der Waals surface area (Å²) in [5, 5.41) is 5.39. The number of amides is 1. The van der Waals surface area contributed by atoms with Gasteiger partial charge >= 0.3 is 12.2 Å². The molecule has 152 valence electrons. The molecule has 3 aromatic heterocycles. The molecule has 0 spiro atoms. The maximum atomic E-state index is 12.4. The van der Waals surface area contributed by atoms with E-state index in [0.717, 1.165) is 0 Å². The number of hydrogen-bond donors (Lipinski definition) is 2. The van der Waals surface area contributed by atoms with Crippen molar-refractivity contribution < 1.29 is 27.1 Å². The third-order valence-corrected chi connectivity index (χ3v) is 3.37. The smallest absolute Gasteiger partial charge is 0.422 e. The number of carbonyl (C=O) groups excluding carboxylic acids is 1. The number of rotatable bonds is 7. The summed E-state index contributed by atoms with van der Waals surface area (Å²) in [6, 6.07) is 4.48. The van der Waals surface area contributed by atoms with Crippen molar-refractivity contribution in [3.05, 3.63) is 53.8 Å². The summed E-state index contributed by atoms with van der Waals surface area (Å²) in [6.07, 6.45) is -0.310. The minimum absolute atomic E-state index is 0.0942. The number of carbonyl (C=O) groups is 1. The van der Waals surface area contributed by atoms with Crippen molar-refractivity contribution in [3.8, 4) is 5.88 Å². The van der Waals surface area contributed by atoms with Crippen LogP contribution in [-0.2, 0) is 6.54 Å². The molecule has 1 amide bonds. The quantitative estimate of drug-likeness (QED) is 0.613. The summed E-state index contributed by atoms with van der Waals surface area (Å²) in [5.74, 6) is -0.486. The van der Waals surface area contributed by atoms with Gasteiger partial charge in [0.05, 0.1) is 6.20 Å². The molecule has 0 aliphatic carbocycles. The first-order valence-corrected chi connectivity index (χ1v) is 8.23. The van der Waals surface area contributed by atoms with Gasteiger partial charge in [0.15, 0.2) is 6.61 Å². The normalized spacial score (nSPS) is 11.2. The van der Waals surface area contributed by atoms with E-state index < -0.39 is 18.7 Å². The van der Waals surface area contributed by atoms with Crippen LogP contribution in [0.2, 0.25) is 0 Å². The van der Waals surface area contributed by atoms with Gasteiger partial charge in [-0.2, -0.15) is 13.2 Å². The number of halogens is 3. The number of ether oxygens (including phenoxy) is 1. The zero-order chi connectivity index (χ0) is 20.9. The fourth-order valence-corrected chi connectivity index (χ4v) is 2.15. The summed E-state index contributed by atoms with van der Waals surface area (Å²) in [7, 11) is 0. The Morgan fingerprint density at radius 2 is 2.07 bits per heavy atom. The monoisotopic (exact) mass is 408 g/mol. The van der Waals surface area contributed by atoms with E-state index >= 15 is 0 Å². The molecule has 29 heavy (non-hydrogen) atoms. The Hall–Kier alpha value is -3.70. The summed E-state index contributed by atoms with van der Waals surface area (Å²) in [5.41, 5.74) is 1.23. The number of aryl methyl sites for hydroxylation is 1. The standard InChI is InChI=1S/C17H15F3N6O3/c1-10-6-12(25-15(24-10)26-16-21-4-5-28-16)14(27)23-8-11-2-3-13(22-7-11)29-9-17(18,19)20/h2-7H,8-9H2,1H3,(H,23,27)(H,21,24,25,26). The van der Waals surface area contributed by atoms with Crippen molar-refractivity contribution in [1.29, 1.82) is 0 Å². The van der Waals surface area contributed by atoms with E-state index in [2.05, 4.69) is 35.3 Å². The van der Waals surface area contributed by atoms with E-state index in [1.165, 1.54) is 36.9 Å². The number of pyridine rings is 1. The molecular weight excluding hydrogens is 393 g/mol. The first-order chi connectivity index (χ1) is 13.8. The maximum Gasteiger partial charge on any atom is 0.422 e. The van der Waals surface area contributed by atoms with Crippen molar-refractivity contribution in [2.45, 2.75) is 19.6 Å². The van der Waals surface area contributed by atoms with Crippen molar-refractivity contribution in [3.63, 3.8) is 0 Å². The van der Waals surface area contributed by atoms with Gasteiger partial charge in [0.2, 0.25) is 11.8 Å². The van der Waals surface area contributed by atoms with Gasteiger partial charge in [-0.05, 0) is 18.6 Å². The summed E-state index contributed by atoms with van der Waals surface area (Å²) in [4.78, 5) is 28.3. The average Bonchev–Trinajstić information content (AvgIpc) is 3.17. The molecule has 0 aromatic carbocycles. The second-order valence-electron chi connectivity index (χ2n) is 5.77. The Morgan fingerprint density at radius 1 is 1.24 bits per heavy atom. The molecule has 9 nitrogen and oxygen atoms in total. The van der Waals surface area contributed by atoms with E-state index in [0.29, 0.717) is 11.3 Å². The minimum atomic E-state index is -4.44. The molecule has 0 unspecified atom stereocenters. The van der Waals surface area contributed by atoms with E-state index in [-0.39, 0.29) is 30.1 Å². The first-order valence-electron chi connectivity index (χ1n) is 8.23. The molecule has 3 rings (SSSR count). The highest BCUT2D eigenvalue weighted by Gasteiger charge is 2.28. The number of aromatic nitrogens is 4. The second kappa shape index (κ2) is 8.54. The number of nitrogens with zero attached hydrogens (tertiary/aromatic N) is 4. The molecule has 0 bridgehead atoms. The zero-order valence-corrected chi connectivity index (χ0v) is 15.0. The third-order valence-electron chi connectivity index (χ3n) is 3.37. The van der Waals surface area contributed by atoms with E-state index in [9.17, 15) is 18.0 Å². The van der Waals surface area contributed by atoms with E-state index in [4.69, 9.17) is 4.42 Å². The fraction of sp³-hybridized carbons (Fsp3) is 0.235. The van der Waals surface area contributed by atoms with Gasteiger partial charge in [0, 0.05) is 24.5 Å². The molecular formula is C17H15F3N6O3. The van der Waals surface area contributed by atoms with Gasteiger partial charge in [0.25, 0.3) is 5.91 Å². The van der Waals surface area contributed by atoms with Crippen LogP contribution in [0.4, 0.5) is 25.1 Å². The Bertz CT molecular complexity index is 962. The third kappa shape index (κ3) is 6.16. The number of nitrogens with one attached hydrogen (secondary N) is 2. The van der Waals surface area contributed by atoms with Gasteiger partial charge in [-0.15, -0.1) is 0 Å². The Kier molecular flexibility index (Phi) is 5.90. The molecule has 0 saturated carbocycles. The summed E-state index contributed by atoms with van der Waals surface area (Å²) >= 11 is 0. The molecule has 0 atom stereocenters. The Labute approximate surface area is 162 Å². The molecule has 2 N–H and O–H groups in total. The lowest BCUT2D eigenvalue weighted by molar-refractivity contribution is -0.154. The molecule has 0 saturated heterocycles. The lowest BCUT2D eigenvalue weighted by Gasteiger charge is -2.09. The van der Waals surface area contributed by atoms with Crippen LogP contribution in [0.15, 0.2) is 41.3 Å². The molecule has 0 fully saturated rings. The van der Waals surface area contributed by atoms with Crippen LogP contribution in [0, 0.1) is 6.92 Å². The van der Waals surface area contributed by atoms with Crippen molar-refractivity contribution in [2.75, 3.05) is 11.9 Å². The molecule has 0 aliphatic rings. The highest BCUT2D eigenvalue weighted by Crippen LogP contribution is 2.17. The van der Waals surface area contributed by atoms with Crippen LogP contribution >= 0.6 is 0 Å². The van der Waals surface area contributed by atoms with Crippen LogP contribution in [0.25, 0.3) is 0 Å². The average molecular weight is 408 g/mol. The molecule has 0 aliphatic heterocycles. The predicted octanol–water partition coefficient (Wildman–Crippen LogP) is 2.78. The maximum absolute atomic E-state index is 12.4. The highest BCUT2D eigenvalue weighted by molar-refractivity contribution is 5.92. The van der Waals surface area contributed by atoms with Gasteiger partial charge in [-0.25, -0.2) is 19.9 Å². The number of hydrogen-bond acceptors (Lipinski definition) is 8. The number of alkyl halides is 3. The van der Waals surface area contributed by atoms with E-state index in [1.807, 2.05) is 0 Å². The summed E-state index contributed by atoms with van der Waals surface area (Å²) in [6.45, 7) is 0.368. The van der Waals surface area contributed by atoms with E-state index in [1.54, 1.807) is 6.92 Å². The summed E-state index contributed by atoms with van der Waals surface area (Å²) < 4.78 is 46.0. The minimum Gasteiger partial charge on any atom is -0.468 e. The highest BCUT2D eigenvalue weighted by atomic mass is 19.4. The molecule has 12 heteroatoms. The Balaban J connectivity index is 1.58. The zero-order valence-electron chi connectivity index (χ0n) is 15.0. The lowest BCUT2D eigenvalue weighted by Crippen LogP contribution is -2.24. The van der Waals surface area contributed by atoms with Crippen LogP contribution in [0.1, 0.15) is 21.7 Å². The number of anilines is 2. The second-order valence-corrected chi connectivity index (χ2v) is 5.77. The van der Waals surface area contributed by atoms with Crippen LogP contribution in [0.3, 0.4) is 0 Å². The first kappa shape index (κ1) is 20.0.